The highest BCUT2D eigenvalue weighted by Crippen LogP contribution is 2.25. The highest BCUT2D eigenvalue weighted by Gasteiger charge is 2.27. The van der Waals surface area contributed by atoms with E-state index in [0.717, 1.165) is 11.4 Å². The summed E-state index contributed by atoms with van der Waals surface area (Å²) in [6.07, 6.45) is 3.10. The van der Waals surface area contributed by atoms with Gasteiger partial charge in [-0.3, -0.25) is 9.78 Å². The summed E-state index contributed by atoms with van der Waals surface area (Å²) < 4.78 is 16.6. The summed E-state index contributed by atoms with van der Waals surface area (Å²) in [5, 5.41) is 0.650. The van der Waals surface area contributed by atoms with Crippen LogP contribution in [0.25, 0.3) is 11.0 Å². The standard InChI is InChI=1S/C22H22N2O5/c1-14-6-7-17(13-23-14)28-16-8-10-24(11-9-16)21(25)18-12-15-4-3-5-19(27-2)20(15)29-22(18)26/h3-7,12-13,16H,8-11H2,1-2H3. The molecule has 0 saturated carbocycles. The van der Waals surface area contributed by atoms with Crippen molar-refractivity contribution in [2.75, 3.05) is 20.2 Å². The van der Waals surface area contributed by atoms with Crippen molar-refractivity contribution in [1.29, 1.82) is 0 Å². The Morgan fingerprint density at radius 2 is 2.00 bits per heavy atom. The number of hydrogen-bond acceptors (Lipinski definition) is 6. The van der Waals surface area contributed by atoms with Gasteiger partial charge in [0.25, 0.3) is 5.91 Å². The largest absolute Gasteiger partial charge is 0.493 e. The molecule has 150 valence electrons. The Hall–Kier alpha value is -3.35. The maximum Gasteiger partial charge on any atom is 0.349 e. The molecule has 0 spiro atoms. The van der Waals surface area contributed by atoms with E-state index >= 15 is 0 Å². The topological polar surface area (TPSA) is 81.9 Å². The van der Waals surface area contributed by atoms with Crippen molar-refractivity contribution in [3.8, 4) is 11.5 Å². The number of piperidine rings is 1. The van der Waals surface area contributed by atoms with E-state index < -0.39 is 5.63 Å². The van der Waals surface area contributed by atoms with Crippen molar-refractivity contribution in [2.45, 2.75) is 25.9 Å². The molecule has 1 fully saturated rings. The van der Waals surface area contributed by atoms with E-state index in [1.165, 1.54) is 7.11 Å². The highest BCUT2D eigenvalue weighted by atomic mass is 16.5. The number of pyridine rings is 1. The quantitative estimate of drug-likeness (QED) is 0.632. The molecule has 1 aliphatic rings. The second-order valence-electron chi connectivity index (χ2n) is 7.07. The number of carbonyl (C=O) groups is 1. The van der Waals surface area contributed by atoms with Gasteiger partial charge in [-0.2, -0.15) is 0 Å². The zero-order chi connectivity index (χ0) is 20.4. The highest BCUT2D eigenvalue weighted by molar-refractivity contribution is 5.97. The van der Waals surface area contributed by atoms with Crippen LogP contribution in [0.2, 0.25) is 0 Å². The molecule has 4 rings (SSSR count). The summed E-state index contributed by atoms with van der Waals surface area (Å²) in [5.41, 5.74) is 0.656. The van der Waals surface area contributed by atoms with Gasteiger partial charge in [0.2, 0.25) is 0 Å². The zero-order valence-corrected chi connectivity index (χ0v) is 16.4. The van der Waals surface area contributed by atoms with Gasteiger partial charge >= 0.3 is 5.63 Å². The Morgan fingerprint density at radius 3 is 2.69 bits per heavy atom. The molecule has 0 radical (unpaired) electrons. The molecule has 7 nitrogen and oxygen atoms in total. The maximum absolute atomic E-state index is 12.9. The van der Waals surface area contributed by atoms with Gasteiger partial charge < -0.3 is 18.8 Å². The SMILES string of the molecule is COc1cccc2cc(C(=O)N3CCC(Oc4ccc(C)nc4)CC3)c(=O)oc12. The van der Waals surface area contributed by atoms with Crippen LogP contribution in [0.4, 0.5) is 0 Å². The lowest BCUT2D eigenvalue weighted by Crippen LogP contribution is -2.43. The number of likely N-dealkylation sites (tertiary alicyclic amines) is 1. The lowest BCUT2D eigenvalue weighted by molar-refractivity contribution is 0.0591. The number of aromatic nitrogens is 1. The molecule has 0 unspecified atom stereocenters. The van der Waals surface area contributed by atoms with Crippen LogP contribution in [-0.4, -0.2) is 42.1 Å². The van der Waals surface area contributed by atoms with Gasteiger partial charge in [0, 0.05) is 37.0 Å². The average molecular weight is 394 g/mol. The number of hydrogen-bond donors (Lipinski definition) is 0. The Labute approximate surface area is 167 Å². The van der Waals surface area contributed by atoms with E-state index in [-0.39, 0.29) is 17.6 Å². The fraction of sp³-hybridized carbons (Fsp3) is 0.318. The van der Waals surface area contributed by atoms with E-state index in [2.05, 4.69) is 4.98 Å². The lowest BCUT2D eigenvalue weighted by atomic mass is 10.1. The predicted molar refractivity (Wildman–Crippen MR) is 108 cm³/mol. The molecule has 1 saturated heterocycles. The number of rotatable bonds is 4. The van der Waals surface area contributed by atoms with E-state index in [0.29, 0.717) is 42.6 Å². The summed E-state index contributed by atoms with van der Waals surface area (Å²) in [5.74, 6) is 0.866. The van der Waals surface area contributed by atoms with Crippen LogP contribution in [0.15, 0.2) is 51.8 Å². The summed E-state index contributed by atoms with van der Waals surface area (Å²) in [6.45, 7) is 2.95. The van der Waals surface area contributed by atoms with Crippen LogP contribution in [0.3, 0.4) is 0 Å². The normalized spacial score (nSPS) is 14.8. The van der Waals surface area contributed by atoms with Crippen LogP contribution >= 0.6 is 0 Å². The number of nitrogens with zero attached hydrogens (tertiary/aromatic N) is 2. The molecule has 0 atom stereocenters. The van der Waals surface area contributed by atoms with E-state index in [1.807, 2.05) is 19.1 Å². The lowest BCUT2D eigenvalue weighted by Gasteiger charge is -2.32. The monoisotopic (exact) mass is 394 g/mol. The minimum atomic E-state index is -0.656. The van der Waals surface area contributed by atoms with Gasteiger partial charge in [-0.1, -0.05) is 12.1 Å². The average Bonchev–Trinajstić information content (AvgIpc) is 2.74. The molecule has 1 aromatic carbocycles. The van der Waals surface area contributed by atoms with Crippen LogP contribution in [0, 0.1) is 6.92 Å². The first-order valence-electron chi connectivity index (χ1n) is 9.54. The molecule has 7 heteroatoms. The van der Waals surface area contributed by atoms with Crippen LogP contribution in [0.5, 0.6) is 11.5 Å². The molecule has 29 heavy (non-hydrogen) atoms. The van der Waals surface area contributed by atoms with Crippen molar-refractivity contribution in [1.82, 2.24) is 9.88 Å². The second-order valence-corrected chi connectivity index (χ2v) is 7.07. The third-order valence-electron chi connectivity index (χ3n) is 5.09. The fourth-order valence-electron chi connectivity index (χ4n) is 3.49. The number of methoxy groups -OCH3 is 1. The number of aryl methyl sites for hydroxylation is 1. The summed E-state index contributed by atoms with van der Waals surface area (Å²) in [6, 6.07) is 10.7. The van der Waals surface area contributed by atoms with Gasteiger partial charge in [0.1, 0.15) is 17.4 Å². The molecule has 2 aromatic heterocycles. The summed E-state index contributed by atoms with van der Waals surface area (Å²) >= 11 is 0. The first kappa shape index (κ1) is 19.0. The molecule has 1 aliphatic heterocycles. The number of carbonyl (C=O) groups excluding carboxylic acids is 1. The number of benzene rings is 1. The Bertz CT molecular complexity index is 1080. The molecule has 3 heterocycles. The van der Waals surface area contributed by atoms with Gasteiger partial charge in [-0.15, -0.1) is 0 Å². The first-order chi connectivity index (χ1) is 14.0. The van der Waals surface area contributed by atoms with Crippen molar-refractivity contribution in [2.24, 2.45) is 0 Å². The summed E-state index contributed by atoms with van der Waals surface area (Å²) in [4.78, 5) is 31.2. The van der Waals surface area contributed by atoms with Crippen molar-refractivity contribution in [3.05, 3.63) is 64.3 Å². The first-order valence-corrected chi connectivity index (χ1v) is 9.54. The van der Waals surface area contributed by atoms with Crippen molar-refractivity contribution in [3.63, 3.8) is 0 Å². The number of fused-ring (bicyclic) bond motifs is 1. The zero-order valence-electron chi connectivity index (χ0n) is 16.4. The van der Waals surface area contributed by atoms with Crippen molar-refractivity contribution < 1.29 is 18.7 Å². The molecular formula is C22H22N2O5. The van der Waals surface area contributed by atoms with Crippen LogP contribution in [-0.2, 0) is 0 Å². The predicted octanol–water partition coefficient (Wildman–Crippen LogP) is 3.19. The third kappa shape index (κ3) is 3.94. The van der Waals surface area contributed by atoms with Gasteiger partial charge in [-0.25, -0.2) is 4.79 Å². The molecule has 3 aromatic rings. The smallest absolute Gasteiger partial charge is 0.349 e. The number of para-hydroxylation sites is 1. The Kier molecular flexibility index (Phi) is 5.20. The Morgan fingerprint density at radius 1 is 1.21 bits per heavy atom. The van der Waals surface area contributed by atoms with Gasteiger partial charge in [0.15, 0.2) is 11.3 Å². The molecule has 0 aliphatic carbocycles. The van der Waals surface area contributed by atoms with E-state index in [1.54, 1.807) is 35.4 Å². The Balaban J connectivity index is 1.46. The third-order valence-corrected chi connectivity index (χ3v) is 5.09. The van der Waals surface area contributed by atoms with Crippen LogP contribution in [0.1, 0.15) is 28.9 Å². The van der Waals surface area contributed by atoms with E-state index in [9.17, 15) is 9.59 Å². The van der Waals surface area contributed by atoms with E-state index in [4.69, 9.17) is 13.9 Å². The minimum Gasteiger partial charge on any atom is -0.493 e. The van der Waals surface area contributed by atoms with Crippen LogP contribution < -0.4 is 15.1 Å². The number of ether oxygens (including phenoxy) is 2. The van der Waals surface area contributed by atoms with Gasteiger partial charge in [0.05, 0.1) is 13.3 Å². The molecule has 0 N–H and O–H groups in total. The molecular weight excluding hydrogens is 372 g/mol. The maximum atomic E-state index is 12.9. The molecule has 0 bridgehead atoms. The fourth-order valence-corrected chi connectivity index (χ4v) is 3.49. The van der Waals surface area contributed by atoms with Crippen molar-refractivity contribution >= 4 is 16.9 Å². The minimum absolute atomic E-state index is 0.0147. The van der Waals surface area contributed by atoms with Gasteiger partial charge in [-0.05, 0) is 31.2 Å². The second kappa shape index (κ2) is 7.95. The molecule has 1 amide bonds. The summed E-state index contributed by atoms with van der Waals surface area (Å²) in [7, 11) is 1.51. The number of amides is 1.